The first-order valence-electron chi connectivity index (χ1n) is 7.98. The average Bonchev–Trinajstić information content (AvgIpc) is 3.06. The molecule has 0 saturated carbocycles. The van der Waals surface area contributed by atoms with E-state index in [0.717, 1.165) is 43.0 Å². The molecule has 3 aromatic rings. The van der Waals surface area contributed by atoms with Crippen molar-refractivity contribution in [3.8, 4) is 11.3 Å². The maximum absolute atomic E-state index is 12.6. The number of benzene rings is 1. The lowest BCUT2D eigenvalue weighted by Crippen LogP contribution is -2.47. The van der Waals surface area contributed by atoms with E-state index in [1.54, 1.807) is 6.20 Å². The first kappa shape index (κ1) is 14.8. The molecule has 1 saturated heterocycles. The zero-order valence-corrected chi connectivity index (χ0v) is 13.5. The van der Waals surface area contributed by atoms with Gasteiger partial charge in [-0.2, -0.15) is 0 Å². The van der Waals surface area contributed by atoms with E-state index in [2.05, 4.69) is 21.9 Å². The number of carbonyl (C=O) groups excluding carboxylic acids is 1. The third-order valence-electron chi connectivity index (χ3n) is 4.40. The van der Waals surface area contributed by atoms with Crippen molar-refractivity contribution in [2.45, 2.75) is 0 Å². The molecule has 3 heterocycles. The maximum atomic E-state index is 12.6. The highest BCUT2D eigenvalue weighted by Crippen LogP contribution is 2.26. The smallest absolute Gasteiger partial charge is 0.253 e. The molecule has 122 valence electrons. The van der Waals surface area contributed by atoms with E-state index >= 15 is 0 Å². The first-order chi connectivity index (χ1) is 11.7. The van der Waals surface area contributed by atoms with Crippen LogP contribution in [0.25, 0.3) is 22.4 Å². The molecule has 4 rings (SSSR count). The zero-order chi connectivity index (χ0) is 16.5. The minimum atomic E-state index is 0.0881. The second kappa shape index (κ2) is 6.05. The molecule has 1 fully saturated rings. The Hall–Kier alpha value is -2.73. The van der Waals surface area contributed by atoms with Gasteiger partial charge in [0.05, 0.1) is 6.20 Å². The van der Waals surface area contributed by atoms with Gasteiger partial charge in [0, 0.05) is 43.4 Å². The molecule has 0 atom stereocenters. The highest BCUT2D eigenvalue weighted by Gasteiger charge is 2.20. The molecule has 0 bridgehead atoms. The number of carbonyl (C=O) groups is 1. The van der Waals surface area contributed by atoms with Gasteiger partial charge in [0.1, 0.15) is 17.6 Å². The van der Waals surface area contributed by atoms with Crippen LogP contribution in [0.4, 0.5) is 0 Å². The van der Waals surface area contributed by atoms with E-state index < -0.39 is 0 Å². The Morgan fingerprint density at radius 3 is 2.58 bits per heavy atom. The highest BCUT2D eigenvalue weighted by molar-refractivity contribution is 5.94. The van der Waals surface area contributed by atoms with Gasteiger partial charge in [0.15, 0.2) is 5.58 Å². The molecule has 0 aliphatic carbocycles. The van der Waals surface area contributed by atoms with Gasteiger partial charge in [-0.1, -0.05) is 12.1 Å². The second-order valence-electron chi connectivity index (χ2n) is 6.06. The number of fused-ring (bicyclic) bond motifs is 1. The maximum Gasteiger partial charge on any atom is 0.253 e. The number of aromatic nitrogens is 2. The van der Waals surface area contributed by atoms with E-state index in [1.165, 1.54) is 6.33 Å². The number of hydrogen-bond acceptors (Lipinski definition) is 5. The monoisotopic (exact) mass is 322 g/mol. The summed E-state index contributed by atoms with van der Waals surface area (Å²) in [5.74, 6) is 0.814. The number of hydrogen-bond donors (Lipinski definition) is 0. The van der Waals surface area contributed by atoms with Gasteiger partial charge < -0.3 is 14.2 Å². The largest absolute Gasteiger partial charge is 0.453 e. The lowest BCUT2D eigenvalue weighted by Gasteiger charge is -2.32. The third-order valence-corrected chi connectivity index (χ3v) is 4.40. The van der Waals surface area contributed by atoms with Gasteiger partial charge in [-0.05, 0) is 19.2 Å². The van der Waals surface area contributed by atoms with Crippen molar-refractivity contribution in [1.82, 2.24) is 19.8 Å². The van der Waals surface area contributed by atoms with E-state index in [1.807, 2.05) is 35.2 Å². The molecule has 24 heavy (non-hydrogen) atoms. The van der Waals surface area contributed by atoms with Crippen molar-refractivity contribution >= 4 is 17.0 Å². The van der Waals surface area contributed by atoms with Gasteiger partial charge in [-0.25, -0.2) is 9.97 Å². The molecular formula is C18H18N4O2. The Morgan fingerprint density at radius 2 is 1.88 bits per heavy atom. The Bertz CT molecular complexity index is 831. The quantitative estimate of drug-likeness (QED) is 0.724. The topological polar surface area (TPSA) is 62.5 Å². The summed E-state index contributed by atoms with van der Waals surface area (Å²) in [5, 5.41) is 0. The summed E-state index contributed by atoms with van der Waals surface area (Å²) in [6.07, 6.45) is 3.15. The summed E-state index contributed by atoms with van der Waals surface area (Å²) in [6.45, 7) is 3.40. The summed E-state index contributed by atoms with van der Waals surface area (Å²) < 4.78 is 5.76. The Kier molecular flexibility index (Phi) is 3.74. The first-order valence-corrected chi connectivity index (χ1v) is 7.98. The summed E-state index contributed by atoms with van der Waals surface area (Å²) in [4.78, 5) is 24.8. The molecule has 1 aliphatic rings. The molecule has 0 unspecified atom stereocenters. The van der Waals surface area contributed by atoms with Crippen LogP contribution >= 0.6 is 0 Å². The average molecular weight is 322 g/mol. The van der Waals surface area contributed by atoms with Crippen LogP contribution in [-0.2, 0) is 0 Å². The van der Waals surface area contributed by atoms with Crippen LogP contribution in [0, 0.1) is 0 Å². The molecule has 6 heteroatoms. The van der Waals surface area contributed by atoms with Gasteiger partial charge in [0.2, 0.25) is 0 Å². The number of nitrogens with zero attached hydrogens (tertiary/aromatic N) is 4. The molecular weight excluding hydrogens is 304 g/mol. The highest BCUT2D eigenvalue weighted by atomic mass is 16.3. The summed E-state index contributed by atoms with van der Waals surface area (Å²) in [7, 11) is 2.08. The normalized spacial score (nSPS) is 15.8. The number of likely N-dealkylation sites (N-methyl/N-ethyl adjacent to an activating group) is 1. The summed E-state index contributed by atoms with van der Waals surface area (Å²) in [5.41, 5.74) is 3.06. The fraction of sp³-hybridized carbons (Fsp3) is 0.278. The fourth-order valence-corrected chi connectivity index (χ4v) is 2.90. The van der Waals surface area contributed by atoms with Gasteiger partial charge in [0.25, 0.3) is 5.91 Å². The third kappa shape index (κ3) is 2.76. The second-order valence-corrected chi connectivity index (χ2v) is 6.06. The Labute approximate surface area is 139 Å². The van der Waals surface area contributed by atoms with E-state index in [4.69, 9.17) is 4.42 Å². The molecule has 1 aromatic carbocycles. The van der Waals surface area contributed by atoms with Crippen molar-refractivity contribution in [2.75, 3.05) is 33.2 Å². The minimum Gasteiger partial charge on any atom is -0.453 e. The Balaban J connectivity index is 1.55. The van der Waals surface area contributed by atoms with Crippen LogP contribution in [0.3, 0.4) is 0 Å². The van der Waals surface area contributed by atoms with Crippen molar-refractivity contribution < 1.29 is 9.21 Å². The predicted octanol–water partition coefficient (Wildman–Crippen LogP) is 2.28. The Morgan fingerprint density at radius 1 is 1.12 bits per heavy atom. The zero-order valence-electron chi connectivity index (χ0n) is 13.5. The fourth-order valence-electron chi connectivity index (χ4n) is 2.90. The number of rotatable bonds is 2. The van der Waals surface area contributed by atoms with Gasteiger partial charge in [-0.3, -0.25) is 4.79 Å². The van der Waals surface area contributed by atoms with Gasteiger partial charge in [-0.15, -0.1) is 0 Å². The predicted molar refractivity (Wildman–Crippen MR) is 90.6 cm³/mol. The van der Waals surface area contributed by atoms with Crippen molar-refractivity contribution in [1.29, 1.82) is 0 Å². The van der Waals surface area contributed by atoms with Gasteiger partial charge >= 0.3 is 0 Å². The molecule has 0 spiro atoms. The molecule has 0 N–H and O–H groups in total. The summed E-state index contributed by atoms with van der Waals surface area (Å²) >= 11 is 0. The van der Waals surface area contributed by atoms with E-state index in [0.29, 0.717) is 11.1 Å². The van der Waals surface area contributed by atoms with Crippen LogP contribution in [0.2, 0.25) is 0 Å². The van der Waals surface area contributed by atoms with Crippen LogP contribution in [0.15, 0.2) is 47.3 Å². The lowest BCUT2D eigenvalue weighted by atomic mass is 10.1. The number of amides is 1. The molecule has 1 amide bonds. The van der Waals surface area contributed by atoms with Crippen LogP contribution in [-0.4, -0.2) is 58.9 Å². The molecule has 1 aliphatic heterocycles. The van der Waals surface area contributed by atoms with Crippen molar-refractivity contribution in [3.05, 3.63) is 48.4 Å². The van der Waals surface area contributed by atoms with Crippen LogP contribution < -0.4 is 0 Å². The standard InChI is InChI=1S/C18H18N4O2/c1-21-6-8-22(9-7-21)18(23)14-4-2-13(3-5-14)16-10-15-17(24-16)11-19-12-20-15/h2-5,10-12H,6-9H2,1H3. The van der Waals surface area contributed by atoms with Crippen molar-refractivity contribution in [2.24, 2.45) is 0 Å². The number of piperazine rings is 1. The van der Waals surface area contributed by atoms with Crippen molar-refractivity contribution in [3.63, 3.8) is 0 Å². The molecule has 6 nitrogen and oxygen atoms in total. The lowest BCUT2D eigenvalue weighted by molar-refractivity contribution is 0.0664. The van der Waals surface area contributed by atoms with Crippen LogP contribution in [0.1, 0.15) is 10.4 Å². The molecule has 2 aromatic heterocycles. The van der Waals surface area contributed by atoms with E-state index in [9.17, 15) is 4.79 Å². The minimum absolute atomic E-state index is 0.0881. The summed E-state index contributed by atoms with van der Waals surface area (Å²) in [6, 6.07) is 9.42. The van der Waals surface area contributed by atoms with E-state index in [-0.39, 0.29) is 5.91 Å². The molecule has 0 radical (unpaired) electrons. The SMILES string of the molecule is CN1CCN(C(=O)c2ccc(-c3cc4ncncc4o3)cc2)CC1. The number of furan rings is 1. The van der Waals surface area contributed by atoms with Crippen LogP contribution in [0.5, 0.6) is 0 Å².